The first-order valence-electron chi connectivity index (χ1n) is 14.8. The summed E-state index contributed by atoms with van der Waals surface area (Å²) in [7, 11) is 0. The summed E-state index contributed by atoms with van der Waals surface area (Å²) in [5.41, 5.74) is 0. The number of aliphatic carboxylic acids is 1. The summed E-state index contributed by atoms with van der Waals surface area (Å²) in [6.07, 6.45) is 5.51. The maximum absolute atomic E-state index is 12.9. The number of carboxylic acid groups (broad SMARTS) is 1. The third-order valence-electron chi connectivity index (χ3n) is 9.76. The molecule has 10 nitrogen and oxygen atoms in total. The fraction of sp³-hybridized carbons (Fsp3) is 0.929. The molecule has 0 aromatic heterocycles. The molecule has 0 amide bonds. The van der Waals surface area contributed by atoms with E-state index in [1.165, 1.54) is 0 Å². The molecule has 0 heterocycles. The van der Waals surface area contributed by atoms with Crippen LogP contribution in [0.4, 0.5) is 0 Å². The Morgan fingerprint density at radius 1 is 0.700 bits per heavy atom. The summed E-state index contributed by atoms with van der Waals surface area (Å²) >= 11 is 13.4. The van der Waals surface area contributed by atoms with Gasteiger partial charge in [0, 0.05) is 0 Å². The largest absolute Gasteiger partial charge is 0.481 e. The van der Waals surface area contributed by atoms with Crippen molar-refractivity contribution in [3.8, 4) is 0 Å². The van der Waals surface area contributed by atoms with Crippen molar-refractivity contribution in [3.05, 3.63) is 0 Å². The molecule has 230 valence electrons. The van der Waals surface area contributed by atoms with E-state index >= 15 is 0 Å². The van der Waals surface area contributed by atoms with E-state index in [0.29, 0.717) is 50.5 Å². The maximum atomic E-state index is 12.9. The second-order valence-corrected chi connectivity index (χ2v) is 13.5. The average Bonchev–Trinajstić information content (AvgIpc) is 2.92. The van der Waals surface area contributed by atoms with Crippen LogP contribution in [0.2, 0.25) is 0 Å². The number of esters is 1. The smallest absolute Gasteiger partial charge is 0.310 e. The Morgan fingerprint density at radius 3 is 1.95 bits per heavy atom. The third-order valence-corrected chi connectivity index (χ3v) is 10.7. The molecule has 0 saturated heterocycles. The van der Waals surface area contributed by atoms with Gasteiger partial charge in [-0.15, -0.1) is 23.2 Å². The van der Waals surface area contributed by atoms with Gasteiger partial charge in [-0.3, -0.25) is 14.8 Å². The summed E-state index contributed by atoms with van der Waals surface area (Å²) in [4.78, 5) is 40.1. The van der Waals surface area contributed by atoms with E-state index in [4.69, 9.17) is 43.0 Å². The highest BCUT2D eigenvalue weighted by Gasteiger charge is 2.43. The molecule has 0 radical (unpaired) electrons. The van der Waals surface area contributed by atoms with E-state index < -0.39 is 36.0 Å². The zero-order valence-corrected chi connectivity index (χ0v) is 24.3. The number of rotatable bonds is 10. The number of carboxylic acids is 1. The van der Waals surface area contributed by atoms with Crippen LogP contribution < -0.4 is 0 Å². The first-order chi connectivity index (χ1) is 19.2. The second kappa shape index (κ2) is 15.1. The van der Waals surface area contributed by atoms with E-state index in [-0.39, 0.29) is 54.2 Å². The third kappa shape index (κ3) is 8.43. The minimum absolute atomic E-state index is 0.0316. The Hall–Kier alpha value is -0.720. The molecule has 4 fully saturated rings. The van der Waals surface area contributed by atoms with E-state index in [9.17, 15) is 24.9 Å². The predicted octanol–water partition coefficient (Wildman–Crippen LogP) is 4.16. The molecule has 0 aromatic rings. The Labute approximate surface area is 245 Å². The highest BCUT2D eigenvalue weighted by molar-refractivity contribution is 6.21. The normalized spacial score (nSPS) is 42.7. The quantitative estimate of drug-likeness (QED) is 0.123. The topological polar surface area (TPSA) is 152 Å². The number of carbonyl (C=O) groups is 2. The van der Waals surface area contributed by atoms with Gasteiger partial charge in [0.1, 0.15) is 12.2 Å². The lowest BCUT2D eigenvalue weighted by atomic mass is 9.72. The van der Waals surface area contributed by atoms with Crippen molar-refractivity contribution in [1.82, 2.24) is 0 Å². The van der Waals surface area contributed by atoms with Gasteiger partial charge in [-0.1, -0.05) is 0 Å². The Balaban J connectivity index is 1.19. The van der Waals surface area contributed by atoms with Crippen molar-refractivity contribution < 1.29 is 49.6 Å². The van der Waals surface area contributed by atoms with Crippen molar-refractivity contribution >= 4 is 35.1 Å². The summed E-state index contributed by atoms with van der Waals surface area (Å²) in [5, 5.41) is 37.7. The average molecular weight is 612 g/mol. The number of aliphatic hydroxyl groups is 2. The van der Waals surface area contributed by atoms with Gasteiger partial charge in [0.25, 0.3) is 0 Å². The first kappa shape index (κ1) is 32.2. The highest BCUT2D eigenvalue weighted by atomic mass is 35.5. The van der Waals surface area contributed by atoms with Gasteiger partial charge < -0.3 is 20.1 Å². The lowest BCUT2D eigenvalue weighted by Crippen LogP contribution is -2.43. The van der Waals surface area contributed by atoms with Gasteiger partial charge in [-0.25, -0.2) is 14.7 Å². The number of ether oxygens (including phenoxy) is 1. The number of carbonyl (C=O) groups excluding carboxylic acids is 1. The van der Waals surface area contributed by atoms with E-state index in [2.05, 4.69) is 4.89 Å². The van der Waals surface area contributed by atoms with E-state index in [1.807, 2.05) is 0 Å². The molecular formula is C28H44Cl2O10. The Morgan fingerprint density at radius 2 is 1.32 bits per heavy atom. The number of hydrogen-bond acceptors (Lipinski definition) is 9. The van der Waals surface area contributed by atoms with Crippen LogP contribution in [0.5, 0.6) is 0 Å². The molecule has 0 bridgehead atoms. The van der Waals surface area contributed by atoms with Crippen LogP contribution in [-0.4, -0.2) is 80.9 Å². The molecule has 4 rings (SSSR count). The number of halogens is 2. The zero-order chi connectivity index (χ0) is 28.8. The van der Waals surface area contributed by atoms with Gasteiger partial charge in [0.2, 0.25) is 0 Å². The number of alkyl halides is 2. The fourth-order valence-electron chi connectivity index (χ4n) is 7.31. The van der Waals surface area contributed by atoms with Crippen molar-refractivity contribution in [2.75, 3.05) is 13.2 Å². The van der Waals surface area contributed by atoms with Crippen LogP contribution in [0.3, 0.4) is 0 Å². The van der Waals surface area contributed by atoms with E-state index in [1.54, 1.807) is 0 Å². The zero-order valence-electron chi connectivity index (χ0n) is 22.8. The molecule has 0 spiro atoms. The molecule has 4 aliphatic carbocycles. The van der Waals surface area contributed by atoms with Crippen LogP contribution in [-0.2, 0) is 29.0 Å². The van der Waals surface area contributed by atoms with Crippen molar-refractivity contribution in [3.63, 3.8) is 0 Å². The molecule has 12 heteroatoms. The molecule has 0 aromatic carbocycles. The Kier molecular flexibility index (Phi) is 12.2. The monoisotopic (exact) mass is 610 g/mol. The second-order valence-electron chi connectivity index (χ2n) is 12.4. The minimum Gasteiger partial charge on any atom is -0.481 e. The van der Waals surface area contributed by atoms with E-state index in [0.717, 1.165) is 32.1 Å². The SMILES string of the molecule is O=C(O)C1CCC(O)CC1C(=O)OC1CCC(C2CCC(OOCC3CC(O)CCC3COO)C(Cl)C2)CC1Cl. The van der Waals surface area contributed by atoms with Crippen molar-refractivity contribution in [2.45, 2.75) is 112 Å². The molecule has 4 aliphatic rings. The summed E-state index contributed by atoms with van der Waals surface area (Å²) in [6.45, 7) is 0.512. The van der Waals surface area contributed by atoms with Gasteiger partial charge in [-0.05, 0) is 101 Å². The first-order valence-corrected chi connectivity index (χ1v) is 15.7. The fourth-order valence-corrected chi connectivity index (χ4v) is 8.11. The summed E-state index contributed by atoms with van der Waals surface area (Å²) in [6, 6.07) is 0. The number of hydrogen-bond donors (Lipinski definition) is 4. The van der Waals surface area contributed by atoms with Crippen LogP contribution in [0.25, 0.3) is 0 Å². The lowest BCUT2D eigenvalue weighted by Gasteiger charge is -2.41. The van der Waals surface area contributed by atoms with Crippen LogP contribution in [0.15, 0.2) is 0 Å². The molecule has 12 atom stereocenters. The molecule has 12 unspecified atom stereocenters. The highest BCUT2D eigenvalue weighted by Crippen LogP contribution is 2.43. The summed E-state index contributed by atoms with van der Waals surface area (Å²) < 4.78 is 5.72. The number of aliphatic hydroxyl groups excluding tert-OH is 2. The maximum Gasteiger partial charge on any atom is 0.310 e. The van der Waals surface area contributed by atoms with Crippen LogP contribution in [0.1, 0.15) is 77.0 Å². The van der Waals surface area contributed by atoms with Crippen molar-refractivity contribution in [2.24, 2.45) is 35.5 Å². The minimum atomic E-state index is -1.03. The predicted molar refractivity (Wildman–Crippen MR) is 145 cm³/mol. The van der Waals surface area contributed by atoms with Gasteiger partial charge in [-0.2, -0.15) is 0 Å². The van der Waals surface area contributed by atoms with Crippen LogP contribution in [0, 0.1) is 35.5 Å². The standard InChI is InChI=1S/C28H44Cl2O10/c29-23-10-15(2-7-25(23)39-28(35)22-12-20(32)5-6-21(22)27(33)34)16-3-8-26(24(30)11-16)40-38-14-18-9-19(31)4-1-17(18)13-37-36/h15-26,31-32,36H,1-14H2,(H,33,34). The molecule has 0 aliphatic heterocycles. The lowest BCUT2D eigenvalue weighted by molar-refractivity contribution is -0.340. The van der Waals surface area contributed by atoms with Crippen molar-refractivity contribution in [1.29, 1.82) is 0 Å². The summed E-state index contributed by atoms with van der Waals surface area (Å²) in [5.74, 6) is -2.46. The van der Waals surface area contributed by atoms with Gasteiger partial charge in [0.15, 0.2) is 0 Å². The molecule has 40 heavy (non-hydrogen) atoms. The molecule has 4 saturated carbocycles. The molecule has 4 N–H and O–H groups in total. The van der Waals surface area contributed by atoms with Crippen LogP contribution >= 0.6 is 23.2 Å². The molecular weight excluding hydrogens is 567 g/mol. The van der Waals surface area contributed by atoms with Gasteiger partial charge in [0.05, 0.1) is 48.0 Å². The Bertz CT molecular complexity index is 833. The van der Waals surface area contributed by atoms with Gasteiger partial charge >= 0.3 is 11.9 Å².